The van der Waals surface area contributed by atoms with Gasteiger partial charge in [0.2, 0.25) is 0 Å². The molecule has 1 unspecified atom stereocenters. The highest BCUT2D eigenvalue weighted by atomic mass is 35.5. The van der Waals surface area contributed by atoms with Gasteiger partial charge in [-0.05, 0) is 29.8 Å². The number of para-hydroxylation sites is 1. The van der Waals surface area contributed by atoms with Gasteiger partial charge < -0.3 is 10.4 Å². The van der Waals surface area contributed by atoms with Gasteiger partial charge in [0.15, 0.2) is 0 Å². The van der Waals surface area contributed by atoms with Gasteiger partial charge in [0.25, 0.3) is 11.5 Å². The molecule has 32 heavy (non-hydrogen) atoms. The molecule has 0 radical (unpaired) electrons. The van der Waals surface area contributed by atoms with Gasteiger partial charge in [0.05, 0.1) is 28.9 Å². The lowest BCUT2D eigenvalue weighted by molar-refractivity contribution is -0.137. The summed E-state index contributed by atoms with van der Waals surface area (Å²) in [5.41, 5.74) is 1.20. The number of aromatic nitrogens is 5. The number of carboxylic acids is 1. The third-order valence-corrected chi connectivity index (χ3v) is 5.04. The number of halogens is 1. The van der Waals surface area contributed by atoms with Gasteiger partial charge in [0, 0.05) is 6.07 Å². The molecule has 1 amide bonds. The molecule has 0 fully saturated rings. The standard InChI is InChI=1S/C21H17ClN6O4/c22-15-3-1-2-4-18(15)28-19(29)9-17(26-28)21(32)25-16(10-20(30)31)13-5-7-14(8-6-13)27-12-23-11-24-27/h1-9,11-12,16,26H,10H2,(H,25,32)(H,30,31). The van der Waals surface area contributed by atoms with Crippen molar-refractivity contribution in [3.05, 3.63) is 93.9 Å². The fourth-order valence-electron chi connectivity index (χ4n) is 3.19. The molecule has 0 saturated carbocycles. The Hall–Kier alpha value is -4.18. The number of aromatic amines is 1. The minimum Gasteiger partial charge on any atom is -0.481 e. The van der Waals surface area contributed by atoms with Crippen molar-refractivity contribution < 1.29 is 14.7 Å². The van der Waals surface area contributed by atoms with Crippen molar-refractivity contribution in [2.45, 2.75) is 12.5 Å². The summed E-state index contributed by atoms with van der Waals surface area (Å²) in [6.07, 6.45) is 2.59. The van der Waals surface area contributed by atoms with Gasteiger partial charge in [-0.3, -0.25) is 19.5 Å². The van der Waals surface area contributed by atoms with E-state index >= 15 is 0 Å². The van der Waals surface area contributed by atoms with Crippen molar-refractivity contribution in [1.82, 2.24) is 29.9 Å². The first kappa shape index (κ1) is 21.1. The first-order valence-electron chi connectivity index (χ1n) is 9.47. The van der Waals surface area contributed by atoms with Crippen LogP contribution in [0.15, 0.2) is 72.0 Å². The number of carboxylic acid groups (broad SMARTS) is 1. The van der Waals surface area contributed by atoms with E-state index in [1.165, 1.54) is 12.7 Å². The van der Waals surface area contributed by atoms with E-state index in [0.717, 1.165) is 16.4 Å². The Kier molecular flexibility index (Phi) is 5.86. The van der Waals surface area contributed by atoms with Gasteiger partial charge in [0.1, 0.15) is 18.3 Å². The highest BCUT2D eigenvalue weighted by Crippen LogP contribution is 2.20. The average Bonchev–Trinajstić information content (AvgIpc) is 3.44. The van der Waals surface area contributed by atoms with E-state index in [2.05, 4.69) is 20.5 Å². The van der Waals surface area contributed by atoms with Gasteiger partial charge in [-0.25, -0.2) is 14.3 Å². The maximum absolute atomic E-state index is 12.8. The number of carbonyl (C=O) groups excluding carboxylic acids is 1. The molecule has 3 N–H and O–H groups in total. The number of H-pyrrole nitrogens is 1. The number of rotatable bonds is 7. The summed E-state index contributed by atoms with van der Waals surface area (Å²) < 4.78 is 2.70. The number of carbonyl (C=O) groups is 2. The van der Waals surface area contributed by atoms with Crippen LogP contribution in [0.4, 0.5) is 0 Å². The number of nitrogens with one attached hydrogen (secondary N) is 2. The Morgan fingerprint density at radius 3 is 2.56 bits per heavy atom. The van der Waals surface area contributed by atoms with Gasteiger partial charge in [-0.1, -0.05) is 35.9 Å². The summed E-state index contributed by atoms with van der Waals surface area (Å²) >= 11 is 6.14. The Labute approximate surface area is 186 Å². The van der Waals surface area contributed by atoms with Crippen LogP contribution in [0.1, 0.15) is 28.5 Å². The number of nitrogens with zero attached hydrogens (tertiary/aromatic N) is 4. The number of amides is 1. The van der Waals surface area contributed by atoms with Crippen molar-refractivity contribution in [2.24, 2.45) is 0 Å². The lowest BCUT2D eigenvalue weighted by atomic mass is 10.0. The van der Waals surface area contributed by atoms with Crippen LogP contribution < -0.4 is 10.9 Å². The molecule has 2 aromatic carbocycles. The van der Waals surface area contributed by atoms with Crippen LogP contribution in [0.3, 0.4) is 0 Å². The first-order valence-corrected chi connectivity index (χ1v) is 9.85. The highest BCUT2D eigenvalue weighted by Gasteiger charge is 2.21. The van der Waals surface area contributed by atoms with Crippen molar-refractivity contribution in [3.63, 3.8) is 0 Å². The van der Waals surface area contributed by atoms with E-state index in [4.69, 9.17) is 11.6 Å². The number of hydrogen-bond acceptors (Lipinski definition) is 5. The summed E-state index contributed by atoms with van der Waals surface area (Å²) in [6, 6.07) is 13.9. The van der Waals surface area contributed by atoms with E-state index in [0.29, 0.717) is 16.3 Å². The molecule has 2 heterocycles. The predicted molar refractivity (Wildman–Crippen MR) is 115 cm³/mol. The Morgan fingerprint density at radius 2 is 1.91 bits per heavy atom. The smallest absolute Gasteiger partial charge is 0.305 e. The first-order chi connectivity index (χ1) is 15.4. The van der Waals surface area contributed by atoms with Crippen molar-refractivity contribution in [2.75, 3.05) is 0 Å². The average molecular weight is 453 g/mol. The largest absolute Gasteiger partial charge is 0.481 e. The van der Waals surface area contributed by atoms with Crippen LogP contribution in [0.2, 0.25) is 5.02 Å². The zero-order chi connectivity index (χ0) is 22.7. The topological polar surface area (TPSA) is 135 Å². The molecule has 0 aliphatic rings. The third kappa shape index (κ3) is 4.44. The normalized spacial score (nSPS) is 11.8. The summed E-state index contributed by atoms with van der Waals surface area (Å²) in [5.74, 6) is -1.71. The lowest BCUT2D eigenvalue weighted by Gasteiger charge is -2.17. The molecular weight excluding hydrogens is 436 g/mol. The summed E-state index contributed by atoms with van der Waals surface area (Å²) in [4.78, 5) is 40.4. The van der Waals surface area contributed by atoms with Gasteiger partial charge in [-0.2, -0.15) is 5.10 Å². The second-order valence-electron chi connectivity index (χ2n) is 6.85. The van der Waals surface area contributed by atoms with Crippen LogP contribution in [0.5, 0.6) is 0 Å². The zero-order valence-electron chi connectivity index (χ0n) is 16.5. The molecule has 0 aliphatic heterocycles. The molecule has 1 atom stereocenters. The maximum atomic E-state index is 12.8. The second kappa shape index (κ2) is 8.90. The highest BCUT2D eigenvalue weighted by molar-refractivity contribution is 6.32. The number of aliphatic carboxylic acids is 1. The molecule has 0 aliphatic carbocycles. The Morgan fingerprint density at radius 1 is 1.16 bits per heavy atom. The third-order valence-electron chi connectivity index (χ3n) is 4.72. The van der Waals surface area contributed by atoms with Crippen LogP contribution in [-0.4, -0.2) is 41.5 Å². The maximum Gasteiger partial charge on any atom is 0.305 e. The van der Waals surface area contributed by atoms with Gasteiger partial charge >= 0.3 is 5.97 Å². The lowest BCUT2D eigenvalue weighted by Crippen LogP contribution is -2.30. The molecule has 0 spiro atoms. The van der Waals surface area contributed by atoms with Crippen LogP contribution in [0, 0.1) is 0 Å². The van der Waals surface area contributed by atoms with E-state index in [1.54, 1.807) is 53.2 Å². The molecule has 0 bridgehead atoms. The van der Waals surface area contributed by atoms with Crippen LogP contribution in [0.25, 0.3) is 11.4 Å². The van der Waals surface area contributed by atoms with Crippen molar-refractivity contribution >= 4 is 23.5 Å². The summed E-state index contributed by atoms with van der Waals surface area (Å²) in [7, 11) is 0. The second-order valence-corrected chi connectivity index (χ2v) is 7.26. The Balaban J connectivity index is 1.58. The van der Waals surface area contributed by atoms with Crippen molar-refractivity contribution in [3.8, 4) is 11.4 Å². The van der Waals surface area contributed by atoms with Gasteiger partial charge in [-0.15, -0.1) is 0 Å². The Bertz CT molecular complexity index is 1310. The molecule has 2 aromatic heterocycles. The summed E-state index contributed by atoms with van der Waals surface area (Å²) in [5, 5.41) is 19.1. The molecule has 0 saturated heterocycles. The van der Waals surface area contributed by atoms with E-state index < -0.39 is 23.5 Å². The predicted octanol–water partition coefficient (Wildman–Crippen LogP) is 2.35. The molecule has 4 aromatic rings. The van der Waals surface area contributed by atoms with E-state index in [1.807, 2.05) is 0 Å². The fourth-order valence-corrected chi connectivity index (χ4v) is 3.41. The zero-order valence-corrected chi connectivity index (χ0v) is 17.2. The van der Waals surface area contributed by atoms with Crippen molar-refractivity contribution in [1.29, 1.82) is 0 Å². The van der Waals surface area contributed by atoms with Crippen LogP contribution in [-0.2, 0) is 4.79 Å². The minimum atomic E-state index is -1.09. The molecular formula is C21H17ClN6O4. The van der Waals surface area contributed by atoms with E-state index in [9.17, 15) is 19.5 Å². The fraction of sp³-hybridized carbons (Fsp3) is 0.0952. The monoisotopic (exact) mass is 452 g/mol. The SMILES string of the molecule is O=C(O)CC(NC(=O)c1cc(=O)n(-c2ccccc2Cl)[nH]1)c1ccc(-n2cncn2)cc1. The molecule has 4 rings (SSSR count). The number of benzene rings is 2. The van der Waals surface area contributed by atoms with E-state index in [-0.39, 0.29) is 12.1 Å². The molecule has 11 heteroatoms. The van der Waals surface area contributed by atoms with Crippen LogP contribution >= 0.6 is 11.6 Å². The summed E-state index contributed by atoms with van der Waals surface area (Å²) in [6.45, 7) is 0. The molecule has 10 nitrogen and oxygen atoms in total. The minimum absolute atomic E-state index is 0.0236. The quantitative estimate of drug-likeness (QED) is 0.394. The number of hydrogen-bond donors (Lipinski definition) is 3. The molecule has 162 valence electrons.